The van der Waals surface area contributed by atoms with Crippen molar-refractivity contribution >= 4 is 9.84 Å². The van der Waals surface area contributed by atoms with Crippen molar-refractivity contribution in [3.05, 3.63) is 78.9 Å². The number of epoxide rings is 1. The lowest BCUT2D eigenvalue weighted by atomic mass is 9.98. The molecule has 0 spiro atoms. The second-order valence-corrected chi connectivity index (χ2v) is 7.80. The van der Waals surface area contributed by atoms with Gasteiger partial charge in [0.1, 0.15) is 11.7 Å². The molecule has 1 saturated heterocycles. The van der Waals surface area contributed by atoms with Crippen molar-refractivity contribution in [2.75, 3.05) is 0 Å². The summed E-state index contributed by atoms with van der Waals surface area (Å²) in [7, 11) is -3.94. The summed E-state index contributed by atoms with van der Waals surface area (Å²) in [5, 5.41) is 10.8. The average molecular weight is 330 g/mol. The average Bonchev–Trinajstić information content (AvgIpc) is 3.24. The summed E-state index contributed by atoms with van der Waals surface area (Å²) in [5.41, 5.74) is -0.672. The van der Waals surface area contributed by atoms with Gasteiger partial charge in [0.05, 0.1) is 4.90 Å². The molecule has 0 aromatic heterocycles. The summed E-state index contributed by atoms with van der Waals surface area (Å²) in [6.45, 7) is 5.29. The number of ether oxygens (including phenoxy) is 1. The van der Waals surface area contributed by atoms with E-state index in [0.717, 1.165) is 0 Å². The normalized spacial score (nSPS) is 28.1. The molecule has 1 N–H and O–H groups in total. The molecule has 1 aliphatic rings. The van der Waals surface area contributed by atoms with Crippen molar-refractivity contribution in [3.8, 4) is 0 Å². The van der Waals surface area contributed by atoms with Gasteiger partial charge in [-0.05, 0) is 24.6 Å². The van der Waals surface area contributed by atoms with E-state index in [-0.39, 0.29) is 4.90 Å². The highest BCUT2D eigenvalue weighted by atomic mass is 32.2. The number of hydrogen-bond acceptors (Lipinski definition) is 4. The maximum atomic E-state index is 13.2. The Balaban J connectivity index is 2.16. The van der Waals surface area contributed by atoms with Crippen LogP contribution < -0.4 is 0 Å². The van der Waals surface area contributed by atoms with Gasteiger partial charge >= 0.3 is 0 Å². The summed E-state index contributed by atoms with van der Waals surface area (Å²) in [4.78, 5) is -1.66. The zero-order valence-corrected chi connectivity index (χ0v) is 13.5. The largest absolute Gasteiger partial charge is 0.384 e. The van der Waals surface area contributed by atoms with Gasteiger partial charge < -0.3 is 9.84 Å². The van der Waals surface area contributed by atoms with Crippen LogP contribution in [0, 0.1) is 0 Å². The topological polar surface area (TPSA) is 66.9 Å². The highest BCUT2D eigenvalue weighted by molar-refractivity contribution is 7.93. The van der Waals surface area contributed by atoms with Crippen LogP contribution in [0.5, 0.6) is 0 Å². The molecule has 1 aliphatic heterocycles. The Morgan fingerprint density at radius 1 is 1.09 bits per heavy atom. The second kappa shape index (κ2) is 5.30. The molecule has 3 rings (SSSR count). The molecule has 0 bridgehead atoms. The predicted molar refractivity (Wildman–Crippen MR) is 87.4 cm³/mol. The molecule has 4 nitrogen and oxygen atoms in total. The van der Waals surface area contributed by atoms with Gasteiger partial charge in [-0.25, -0.2) is 8.42 Å². The first kappa shape index (κ1) is 15.9. The molecule has 23 heavy (non-hydrogen) atoms. The third-order valence-electron chi connectivity index (χ3n) is 4.33. The zero-order valence-electron chi connectivity index (χ0n) is 12.7. The maximum absolute atomic E-state index is 13.2. The number of aliphatic hydroxyl groups excluding tert-OH is 1. The van der Waals surface area contributed by atoms with Crippen LogP contribution in [0.1, 0.15) is 18.6 Å². The van der Waals surface area contributed by atoms with E-state index in [9.17, 15) is 13.5 Å². The Morgan fingerprint density at radius 3 is 2.09 bits per heavy atom. The molecule has 1 fully saturated rings. The third-order valence-corrected chi connectivity index (χ3v) is 6.73. The number of sulfone groups is 1. The van der Waals surface area contributed by atoms with Crippen LogP contribution in [0.4, 0.5) is 0 Å². The van der Waals surface area contributed by atoms with Crippen LogP contribution >= 0.6 is 0 Å². The van der Waals surface area contributed by atoms with Crippen LogP contribution in [0.25, 0.3) is 0 Å². The smallest absolute Gasteiger partial charge is 0.236 e. The molecule has 2 aromatic carbocycles. The lowest BCUT2D eigenvalue weighted by Crippen LogP contribution is -2.38. The van der Waals surface area contributed by atoms with E-state index in [1.165, 1.54) is 18.2 Å². The van der Waals surface area contributed by atoms with Gasteiger partial charge in [-0.3, -0.25) is 0 Å². The van der Waals surface area contributed by atoms with Gasteiger partial charge in [-0.1, -0.05) is 54.6 Å². The Morgan fingerprint density at radius 2 is 1.61 bits per heavy atom. The molecule has 0 amide bonds. The fourth-order valence-corrected chi connectivity index (χ4v) is 5.09. The monoisotopic (exact) mass is 330 g/mol. The first-order chi connectivity index (χ1) is 10.9. The molecule has 5 heteroatoms. The molecule has 0 radical (unpaired) electrons. The van der Waals surface area contributed by atoms with E-state index < -0.39 is 26.5 Å². The minimum Gasteiger partial charge on any atom is -0.384 e. The lowest BCUT2D eigenvalue weighted by molar-refractivity contribution is 0.116. The van der Waals surface area contributed by atoms with Crippen molar-refractivity contribution in [2.45, 2.75) is 28.5 Å². The lowest BCUT2D eigenvalue weighted by Gasteiger charge is -2.22. The van der Waals surface area contributed by atoms with E-state index in [4.69, 9.17) is 4.74 Å². The standard InChI is InChI=1S/C18H18O4S/c1-3-17(2)18(22-17,16(19)14-10-6-4-7-11-14)23(20,21)15-12-8-5-9-13-15/h3-13,16,19H,1H2,2H3/t16-,17-,18-/m0/s1. The molecule has 0 unspecified atom stereocenters. The number of hydrogen-bond donors (Lipinski definition) is 1. The van der Waals surface area contributed by atoms with Crippen molar-refractivity contribution in [3.63, 3.8) is 0 Å². The van der Waals surface area contributed by atoms with E-state index in [1.807, 2.05) is 0 Å². The van der Waals surface area contributed by atoms with Gasteiger partial charge in [0.2, 0.25) is 14.8 Å². The molecular formula is C18H18O4S. The Hall–Kier alpha value is -1.95. The molecular weight excluding hydrogens is 312 g/mol. The maximum Gasteiger partial charge on any atom is 0.236 e. The fourth-order valence-electron chi connectivity index (χ4n) is 2.90. The molecule has 3 atom stereocenters. The van der Waals surface area contributed by atoms with Gasteiger partial charge in [0, 0.05) is 0 Å². The van der Waals surface area contributed by atoms with Crippen LogP contribution in [0.3, 0.4) is 0 Å². The van der Waals surface area contributed by atoms with Crippen molar-refractivity contribution in [2.24, 2.45) is 0 Å². The minimum absolute atomic E-state index is 0.112. The van der Waals surface area contributed by atoms with Gasteiger partial charge in [-0.15, -0.1) is 6.58 Å². The van der Waals surface area contributed by atoms with E-state index in [2.05, 4.69) is 6.58 Å². The Kier molecular flexibility index (Phi) is 3.67. The van der Waals surface area contributed by atoms with E-state index >= 15 is 0 Å². The summed E-state index contributed by atoms with van der Waals surface area (Å²) < 4.78 is 32.0. The number of benzene rings is 2. The van der Waals surface area contributed by atoms with Crippen LogP contribution in [-0.4, -0.2) is 24.1 Å². The van der Waals surface area contributed by atoms with E-state index in [0.29, 0.717) is 5.56 Å². The molecule has 0 saturated carbocycles. The first-order valence-corrected chi connectivity index (χ1v) is 8.74. The summed E-state index contributed by atoms with van der Waals surface area (Å²) in [5.74, 6) is 0. The predicted octanol–water partition coefficient (Wildman–Crippen LogP) is 2.87. The van der Waals surface area contributed by atoms with Crippen molar-refractivity contribution in [1.29, 1.82) is 0 Å². The number of rotatable bonds is 5. The zero-order chi connectivity index (χ0) is 16.7. The third kappa shape index (κ3) is 2.16. The molecule has 120 valence electrons. The van der Waals surface area contributed by atoms with Gasteiger partial charge in [-0.2, -0.15) is 0 Å². The Bertz CT molecular complexity index is 817. The fraction of sp³-hybridized carbons (Fsp3) is 0.222. The molecule has 0 aliphatic carbocycles. The second-order valence-electron chi connectivity index (χ2n) is 5.71. The SMILES string of the molecule is C=C[C@]1(C)O[C@@]1([C@@H](O)c1ccccc1)S(=O)(=O)c1ccccc1. The van der Waals surface area contributed by atoms with Crippen molar-refractivity contribution < 1.29 is 18.3 Å². The summed E-state index contributed by atoms with van der Waals surface area (Å²) in [6, 6.07) is 16.7. The highest BCUT2D eigenvalue weighted by Gasteiger charge is 2.77. The van der Waals surface area contributed by atoms with Gasteiger partial charge in [0.15, 0.2) is 0 Å². The summed E-state index contributed by atoms with van der Waals surface area (Å²) >= 11 is 0. The molecule has 1 heterocycles. The Labute approximate surface area is 136 Å². The highest BCUT2D eigenvalue weighted by Crippen LogP contribution is 2.61. The minimum atomic E-state index is -3.94. The van der Waals surface area contributed by atoms with Crippen molar-refractivity contribution in [1.82, 2.24) is 0 Å². The van der Waals surface area contributed by atoms with E-state index in [1.54, 1.807) is 55.5 Å². The van der Waals surface area contributed by atoms with Crippen LogP contribution in [0.2, 0.25) is 0 Å². The first-order valence-electron chi connectivity index (χ1n) is 7.25. The number of aliphatic hydroxyl groups is 1. The quantitative estimate of drug-likeness (QED) is 0.676. The van der Waals surface area contributed by atoms with Gasteiger partial charge in [0.25, 0.3) is 0 Å². The molecule has 2 aromatic rings. The van der Waals surface area contributed by atoms with Crippen LogP contribution in [0.15, 0.2) is 78.2 Å². The van der Waals surface area contributed by atoms with Crippen LogP contribution in [-0.2, 0) is 14.6 Å². The summed E-state index contributed by atoms with van der Waals surface area (Å²) in [6.07, 6.45) is 0.108.